The van der Waals surface area contributed by atoms with Crippen LogP contribution in [0.15, 0.2) is 170 Å². The summed E-state index contributed by atoms with van der Waals surface area (Å²) in [5.41, 5.74) is -8.72. The number of nitrogens with one attached hydrogen (secondary N) is 2. The van der Waals surface area contributed by atoms with Crippen molar-refractivity contribution >= 4 is 116 Å². The lowest BCUT2D eigenvalue weighted by Gasteiger charge is -2.32. The van der Waals surface area contributed by atoms with Crippen LogP contribution in [0.25, 0.3) is 0 Å². The number of aliphatic hydroxyl groups is 1. The molecule has 0 aliphatic rings. The molecule has 2 amide bonds. The number of halogens is 16. The van der Waals surface area contributed by atoms with Crippen molar-refractivity contribution in [2.45, 2.75) is 36.5 Å². The van der Waals surface area contributed by atoms with E-state index in [9.17, 15) is 62.3 Å². The molecule has 0 heterocycles. The van der Waals surface area contributed by atoms with Crippen molar-refractivity contribution in [3.63, 3.8) is 0 Å². The molecule has 95 heavy (non-hydrogen) atoms. The second kappa shape index (κ2) is 33.7. The van der Waals surface area contributed by atoms with Gasteiger partial charge in [0, 0.05) is 98.1 Å². The van der Waals surface area contributed by atoms with Gasteiger partial charge in [-0.05, 0) is 114 Å². The number of nitrogens with zero attached hydrogens (tertiary/aromatic N) is 1. The minimum Gasteiger partial charge on any atom is -0.494 e. The molecule has 0 radical (unpaired) electrons. The summed E-state index contributed by atoms with van der Waals surface area (Å²) in [4.78, 5) is 52.0. The maximum absolute atomic E-state index is 15.9. The summed E-state index contributed by atoms with van der Waals surface area (Å²) in [6, 6.07) is 38.0. The van der Waals surface area contributed by atoms with Gasteiger partial charge in [0.2, 0.25) is 5.60 Å². The summed E-state index contributed by atoms with van der Waals surface area (Å²) in [5, 5.41) is 15.4. The van der Waals surface area contributed by atoms with Crippen LogP contribution in [-0.4, -0.2) is 99.9 Å². The fraction of sp³-hybridized carbons (Fsp3) is 0.212. The number of carbonyl (C=O) groups excluding carboxylic acids is 4. The molecule has 8 aromatic carbocycles. The largest absolute Gasteiger partial charge is 0.494 e. The van der Waals surface area contributed by atoms with E-state index in [1.165, 1.54) is 64.8 Å². The van der Waals surface area contributed by atoms with Gasteiger partial charge in [0.25, 0.3) is 28.9 Å². The number of ether oxygens (including phenoxy) is 4. The third-order valence-electron chi connectivity index (χ3n) is 14.1. The number of hydrogen-bond donors (Lipinski definition) is 3. The van der Waals surface area contributed by atoms with Gasteiger partial charge in [-0.1, -0.05) is 142 Å². The van der Waals surface area contributed by atoms with E-state index in [4.69, 9.17) is 79.1 Å². The van der Waals surface area contributed by atoms with Gasteiger partial charge in [-0.15, -0.1) is 11.7 Å². The van der Waals surface area contributed by atoms with E-state index in [-0.39, 0.29) is 102 Å². The average molecular weight is 1470 g/mol. The maximum Gasteiger partial charge on any atom is 0.431 e. The number of rotatable bonds is 23. The van der Waals surface area contributed by atoms with E-state index in [2.05, 4.69) is 20.1 Å². The standard InChI is InChI=1S/C30H20Cl3F4NO3.C30H21Cl3F3NO4.C6H14F3NO2S/c1-41-27-21(8-5-9-25(27)38-28(40)17-6-3-2-4-7-17)26(39)16-22-23(32)14-19(15-24(22)33)29(34,30(35,36)37)18-10-12-20(31)13-11-18;1-41-27-21(8-5-9-25(27)37-28(39)17-6-3-2-4-7-17)26(38)16-22-23(32)14-19(15-24(22)33)29(40,30(34,35)36)18-10-12-20(31)13-11-18;1-11-5-3-10(4-6-12-2)13(7,8)9/h2-15H,16H2,1H3,(H,38,40);2-15,40H,16H2,1H3,(H,37,39);3-6H2,1-2H3. The number of anilines is 2. The zero-order chi connectivity index (χ0) is 70.2. The molecule has 0 spiro atoms. The lowest BCUT2D eigenvalue weighted by atomic mass is 9.85. The topological polar surface area (TPSA) is 153 Å². The van der Waals surface area contributed by atoms with Crippen LogP contribution in [0, 0.1) is 0 Å². The minimum atomic E-state index is -5.37. The number of alkyl halides is 7. The van der Waals surface area contributed by atoms with Crippen molar-refractivity contribution < 1.29 is 85.6 Å². The molecule has 29 heteroatoms. The molecule has 3 N–H and O–H groups in total. The molecule has 2 unspecified atom stereocenters. The molecule has 0 bridgehead atoms. The van der Waals surface area contributed by atoms with Gasteiger partial charge in [0.15, 0.2) is 23.1 Å². The van der Waals surface area contributed by atoms with E-state index in [0.29, 0.717) is 15.4 Å². The highest BCUT2D eigenvalue weighted by atomic mass is 35.5. The smallest absolute Gasteiger partial charge is 0.431 e. The maximum atomic E-state index is 15.9. The Bertz CT molecular complexity index is 3680. The number of para-hydroxylation sites is 2. The third-order valence-corrected chi connectivity index (χ3v) is 16.9. The zero-order valence-corrected chi connectivity index (χ0v) is 55.4. The summed E-state index contributed by atoms with van der Waals surface area (Å²) in [7, 11) is 5.39. The Kier molecular flexibility index (Phi) is 27.3. The molecule has 0 aliphatic carbocycles. The molecule has 506 valence electrons. The van der Waals surface area contributed by atoms with Gasteiger partial charge < -0.3 is 34.7 Å². The van der Waals surface area contributed by atoms with Crippen LogP contribution in [0.3, 0.4) is 0 Å². The molecule has 0 fully saturated rings. The average Bonchev–Trinajstić information content (AvgIpc) is 0.760. The number of ketones is 2. The van der Waals surface area contributed by atoms with Crippen molar-refractivity contribution in [3.8, 4) is 11.5 Å². The second-order valence-corrected chi connectivity index (χ2v) is 23.9. The van der Waals surface area contributed by atoms with Crippen molar-refractivity contribution in [1.82, 2.24) is 4.31 Å². The fourth-order valence-corrected chi connectivity index (χ4v) is 11.3. The highest BCUT2D eigenvalue weighted by Gasteiger charge is 2.59. The molecule has 0 aliphatic heterocycles. The first-order valence-corrected chi connectivity index (χ1v) is 31.1. The van der Waals surface area contributed by atoms with Gasteiger partial charge in [-0.3, -0.25) is 19.2 Å². The number of hydrogen-bond acceptors (Lipinski definition) is 10. The molecular formula is C66H55Cl6F10N3O9S. The summed E-state index contributed by atoms with van der Waals surface area (Å²) < 4.78 is 158. The summed E-state index contributed by atoms with van der Waals surface area (Å²) in [5.74, 6) is -1.80. The highest BCUT2D eigenvalue weighted by Crippen LogP contribution is 2.56. The molecule has 12 nitrogen and oxygen atoms in total. The van der Waals surface area contributed by atoms with Crippen molar-refractivity contribution in [3.05, 3.63) is 256 Å². The van der Waals surface area contributed by atoms with E-state index in [1.807, 2.05) is 0 Å². The van der Waals surface area contributed by atoms with Crippen molar-refractivity contribution in [2.75, 3.05) is 65.4 Å². The number of benzene rings is 8. The number of methoxy groups -OCH3 is 4. The van der Waals surface area contributed by atoms with Crippen LogP contribution in [0.1, 0.15) is 74.8 Å². The van der Waals surface area contributed by atoms with Crippen LogP contribution < -0.4 is 20.1 Å². The Labute approximate surface area is 571 Å². The van der Waals surface area contributed by atoms with Gasteiger partial charge in [-0.2, -0.15) is 30.6 Å². The van der Waals surface area contributed by atoms with E-state index in [0.717, 1.165) is 60.7 Å². The van der Waals surface area contributed by atoms with E-state index in [1.54, 1.807) is 72.8 Å². The SMILES string of the molecule is COCCN(CCOC)S(F)(F)F.COc1c(NC(=O)c2ccccc2)cccc1C(=O)Cc1c(Cl)cc(C(F)(c2ccc(Cl)cc2)C(F)(F)F)cc1Cl.COc1c(NC(=O)c2ccccc2)cccc1C(=O)Cc1c(Cl)cc(C(O)(c2ccc(Cl)cc2)C(F)(F)F)cc1Cl. The lowest BCUT2D eigenvalue weighted by Crippen LogP contribution is -2.43. The van der Waals surface area contributed by atoms with Crippen LogP contribution in [0.4, 0.5) is 53.8 Å². The predicted octanol–water partition coefficient (Wildman–Crippen LogP) is 19.2. The van der Waals surface area contributed by atoms with Crippen molar-refractivity contribution in [2.24, 2.45) is 0 Å². The van der Waals surface area contributed by atoms with Crippen LogP contribution in [0.5, 0.6) is 11.5 Å². The molecule has 8 aromatic rings. The van der Waals surface area contributed by atoms with Crippen LogP contribution in [0.2, 0.25) is 30.1 Å². The monoisotopic (exact) mass is 1470 g/mol. The predicted molar refractivity (Wildman–Crippen MR) is 350 cm³/mol. The highest BCUT2D eigenvalue weighted by molar-refractivity contribution is 8.18. The first kappa shape index (κ1) is 76.9. The first-order chi connectivity index (χ1) is 44.7. The molecule has 0 saturated carbocycles. The lowest BCUT2D eigenvalue weighted by molar-refractivity contribution is -0.248. The molecule has 8 rings (SSSR count). The second-order valence-electron chi connectivity index (χ2n) is 20.1. The Morgan fingerprint density at radius 1 is 0.463 bits per heavy atom. The summed E-state index contributed by atoms with van der Waals surface area (Å²) in [6.07, 6.45) is -11.4. The molecule has 0 saturated heterocycles. The fourth-order valence-electron chi connectivity index (χ4n) is 9.24. The van der Waals surface area contributed by atoms with E-state index < -0.39 is 93.5 Å². The Morgan fingerprint density at radius 2 is 0.821 bits per heavy atom. The molecule has 0 aromatic heterocycles. The van der Waals surface area contributed by atoms with Gasteiger partial charge >= 0.3 is 12.4 Å². The minimum absolute atomic E-state index is 0.0107. The summed E-state index contributed by atoms with van der Waals surface area (Å²) >= 11 is 31.7. The Morgan fingerprint density at radius 3 is 1.15 bits per heavy atom. The molecule has 2 atom stereocenters. The first-order valence-electron chi connectivity index (χ1n) is 27.6. The zero-order valence-electron chi connectivity index (χ0n) is 50.0. The Hall–Kier alpha value is -7.13. The van der Waals surface area contributed by atoms with Gasteiger partial charge in [0.1, 0.15) is 0 Å². The van der Waals surface area contributed by atoms with Crippen LogP contribution in [-0.2, 0) is 33.6 Å². The number of amides is 2. The van der Waals surface area contributed by atoms with E-state index >= 15 is 4.39 Å². The quantitative estimate of drug-likeness (QED) is 0.0417. The number of carbonyl (C=O) groups is 4. The van der Waals surface area contributed by atoms with Crippen molar-refractivity contribution in [1.29, 1.82) is 0 Å². The summed E-state index contributed by atoms with van der Waals surface area (Å²) in [6.45, 7) is -0.0934. The number of Topliss-reactive ketones (excluding diaryl/α,β-unsaturated/α-hetero) is 2. The van der Waals surface area contributed by atoms with Crippen LogP contribution >= 0.6 is 81.0 Å². The normalized spacial score (nSPS) is 13.0. The molecular weight excluding hydrogens is 1410 g/mol. The third kappa shape index (κ3) is 19.1. The van der Waals surface area contributed by atoms with Gasteiger partial charge in [0.05, 0.1) is 49.9 Å². The Balaban J connectivity index is 0.000000254. The van der Waals surface area contributed by atoms with Gasteiger partial charge in [-0.25, -0.2) is 4.39 Å².